The molecule has 2 atom stereocenters. The van der Waals surface area contributed by atoms with Gasteiger partial charge in [-0.3, -0.25) is 0 Å². The Bertz CT molecular complexity index is 571. The third kappa shape index (κ3) is 4.20. The predicted molar refractivity (Wildman–Crippen MR) is 84.9 cm³/mol. The van der Waals surface area contributed by atoms with Gasteiger partial charge in [0.15, 0.2) is 5.16 Å². The quantitative estimate of drug-likeness (QED) is 0.851. The molecule has 0 aromatic carbocycles. The van der Waals surface area contributed by atoms with Crippen LogP contribution in [0.1, 0.15) is 44.9 Å². The third-order valence-electron chi connectivity index (χ3n) is 3.88. The molecule has 1 fully saturated rings. The molecule has 1 aliphatic rings. The van der Waals surface area contributed by atoms with Crippen molar-refractivity contribution in [2.75, 3.05) is 6.26 Å². The summed E-state index contributed by atoms with van der Waals surface area (Å²) < 4.78 is 25.6. The molecule has 120 valence electrons. The van der Waals surface area contributed by atoms with Crippen molar-refractivity contribution in [2.45, 2.75) is 67.8 Å². The van der Waals surface area contributed by atoms with Crippen LogP contribution in [0.2, 0.25) is 0 Å². The summed E-state index contributed by atoms with van der Waals surface area (Å²) in [6, 6.07) is 0. The molecule has 2 unspecified atom stereocenters. The van der Waals surface area contributed by atoms with E-state index in [1.54, 1.807) is 11.8 Å². The van der Waals surface area contributed by atoms with E-state index < -0.39 is 9.84 Å². The number of hydrogen-bond acceptors (Lipinski definition) is 6. The van der Waals surface area contributed by atoms with Crippen molar-refractivity contribution >= 4 is 21.6 Å². The van der Waals surface area contributed by atoms with Crippen molar-refractivity contribution in [3.63, 3.8) is 0 Å². The van der Waals surface area contributed by atoms with Crippen LogP contribution in [0.3, 0.4) is 0 Å². The first kappa shape index (κ1) is 16.8. The maximum absolute atomic E-state index is 11.7. The van der Waals surface area contributed by atoms with Crippen LogP contribution in [0.25, 0.3) is 0 Å². The van der Waals surface area contributed by atoms with Gasteiger partial charge in [0.1, 0.15) is 15.7 Å². The largest absolute Gasteiger partial charge is 0.324 e. The second kappa shape index (κ2) is 7.11. The van der Waals surface area contributed by atoms with E-state index in [4.69, 9.17) is 5.73 Å². The van der Waals surface area contributed by atoms with Gasteiger partial charge in [0, 0.05) is 18.1 Å². The Morgan fingerprint density at radius 2 is 2.14 bits per heavy atom. The SMILES string of the molecule is CCCn1c(CN)nnc1SC1CCCC(S(C)(=O)=O)C1. The fourth-order valence-electron chi connectivity index (χ4n) is 2.75. The van der Waals surface area contributed by atoms with E-state index in [0.29, 0.717) is 18.2 Å². The monoisotopic (exact) mass is 332 g/mol. The fourth-order valence-corrected chi connectivity index (χ4v) is 5.37. The van der Waals surface area contributed by atoms with Crippen LogP contribution in [-0.2, 0) is 22.9 Å². The Morgan fingerprint density at radius 1 is 1.38 bits per heavy atom. The molecule has 0 radical (unpaired) electrons. The highest BCUT2D eigenvalue weighted by molar-refractivity contribution is 7.99. The minimum absolute atomic E-state index is 0.208. The molecular formula is C13H24N4O2S2. The molecule has 6 nitrogen and oxygen atoms in total. The van der Waals surface area contributed by atoms with E-state index in [-0.39, 0.29) is 5.25 Å². The zero-order chi connectivity index (χ0) is 15.5. The summed E-state index contributed by atoms with van der Waals surface area (Å²) in [5, 5.41) is 9.33. The molecule has 0 bridgehead atoms. The summed E-state index contributed by atoms with van der Waals surface area (Å²) in [6.07, 6.45) is 5.83. The number of nitrogens with two attached hydrogens (primary N) is 1. The van der Waals surface area contributed by atoms with E-state index in [2.05, 4.69) is 21.7 Å². The summed E-state index contributed by atoms with van der Waals surface area (Å²) >= 11 is 1.66. The van der Waals surface area contributed by atoms with Crippen molar-refractivity contribution in [3.8, 4) is 0 Å². The van der Waals surface area contributed by atoms with E-state index in [9.17, 15) is 8.42 Å². The summed E-state index contributed by atoms with van der Waals surface area (Å²) in [5.41, 5.74) is 5.69. The van der Waals surface area contributed by atoms with Gasteiger partial charge >= 0.3 is 0 Å². The highest BCUT2D eigenvalue weighted by Crippen LogP contribution is 2.35. The molecule has 1 aromatic heterocycles. The first-order chi connectivity index (χ1) is 9.95. The number of sulfone groups is 1. The van der Waals surface area contributed by atoms with Gasteiger partial charge in [-0.2, -0.15) is 0 Å². The summed E-state index contributed by atoms with van der Waals surface area (Å²) in [4.78, 5) is 0. The fraction of sp³-hybridized carbons (Fsp3) is 0.846. The lowest BCUT2D eigenvalue weighted by molar-refractivity contribution is 0.493. The number of thioether (sulfide) groups is 1. The molecule has 2 rings (SSSR count). The molecular weight excluding hydrogens is 308 g/mol. The van der Waals surface area contributed by atoms with Crippen molar-refractivity contribution in [1.82, 2.24) is 14.8 Å². The summed E-state index contributed by atoms with van der Waals surface area (Å²) in [5.74, 6) is 0.801. The molecule has 8 heteroatoms. The van der Waals surface area contributed by atoms with Crippen LogP contribution in [0.5, 0.6) is 0 Å². The zero-order valence-electron chi connectivity index (χ0n) is 12.7. The Labute approximate surface area is 130 Å². The van der Waals surface area contributed by atoms with Gasteiger partial charge in [-0.1, -0.05) is 25.1 Å². The number of rotatable bonds is 6. The molecule has 1 aliphatic carbocycles. The first-order valence-electron chi connectivity index (χ1n) is 7.43. The zero-order valence-corrected chi connectivity index (χ0v) is 14.3. The second-order valence-electron chi connectivity index (χ2n) is 5.61. The second-order valence-corrected chi connectivity index (χ2v) is 9.21. The minimum atomic E-state index is -2.95. The minimum Gasteiger partial charge on any atom is -0.324 e. The molecule has 21 heavy (non-hydrogen) atoms. The van der Waals surface area contributed by atoms with Crippen molar-refractivity contribution in [2.24, 2.45) is 5.73 Å². The smallest absolute Gasteiger partial charge is 0.191 e. The van der Waals surface area contributed by atoms with Crippen molar-refractivity contribution in [1.29, 1.82) is 0 Å². The van der Waals surface area contributed by atoms with Crippen molar-refractivity contribution < 1.29 is 8.42 Å². The van der Waals surface area contributed by atoms with Crippen molar-refractivity contribution in [3.05, 3.63) is 5.82 Å². The van der Waals surface area contributed by atoms with E-state index >= 15 is 0 Å². The molecule has 1 heterocycles. The average molecular weight is 332 g/mol. The molecule has 0 saturated heterocycles. The number of aromatic nitrogens is 3. The molecule has 1 saturated carbocycles. The van der Waals surface area contributed by atoms with Gasteiger partial charge in [0.05, 0.1) is 11.8 Å². The summed E-state index contributed by atoms with van der Waals surface area (Å²) in [6.45, 7) is 3.34. The van der Waals surface area contributed by atoms with Gasteiger partial charge in [-0.15, -0.1) is 10.2 Å². The van der Waals surface area contributed by atoms with Crippen LogP contribution < -0.4 is 5.73 Å². The van der Waals surface area contributed by atoms with Gasteiger partial charge in [-0.05, 0) is 25.7 Å². The van der Waals surface area contributed by atoms with E-state index in [1.165, 1.54) is 6.26 Å². The normalized spacial score (nSPS) is 23.4. The molecule has 1 aromatic rings. The standard InChI is InChI=1S/C13H24N4O2S2/c1-3-7-17-12(9-14)15-16-13(17)20-10-5-4-6-11(8-10)21(2,18)19/h10-11H,3-9,14H2,1-2H3. The Hall–Kier alpha value is -0.600. The average Bonchev–Trinajstić information content (AvgIpc) is 2.81. The highest BCUT2D eigenvalue weighted by Gasteiger charge is 2.30. The molecule has 0 aliphatic heterocycles. The Morgan fingerprint density at radius 3 is 2.76 bits per heavy atom. The predicted octanol–water partition coefficient (Wildman–Crippen LogP) is 1.59. The topological polar surface area (TPSA) is 90.9 Å². The van der Waals surface area contributed by atoms with Crippen LogP contribution in [0.15, 0.2) is 5.16 Å². The highest BCUT2D eigenvalue weighted by atomic mass is 32.2. The maximum atomic E-state index is 11.7. The van der Waals surface area contributed by atoms with Gasteiger partial charge < -0.3 is 10.3 Å². The molecule has 2 N–H and O–H groups in total. The first-order valence-corrected chi connectivity index (χ1v) is 10.3. The van der Waals surface area contributed by atoms with Gasteiger partial charge in [0.2, 0.25) is 0 Å². The number of nitrogens with zero attached hydrogens (tertiary/aromatic N) is 3. The van der Waals surface area contributed by atoms with Crippen LogP contribution in [-0.4, -0.2) is 39.9 Å². The molecule has 0 amide bonds. The lowest BCUT2D eigenvalue weighted by Gasteiger charge is -2.27. The van der Waals surface area contributed by atoms with Crippen LogP contribution in [0.4, 0.5) is 0 Å². The third-order valence-corrected chi connectivity index (χ3v) is 6.79. The Kier molecular flexibility index (Phi) is 5.67. The lowest BCUT2D eigenvalue weighted by atomic mass is 10.00. The summed E-state index contributed by atoms with van der Waals surface area (Å²) in [7, 11) is -2.95. The van der Waals surface area contributed by atoms with Gasteiger partial charge in [-0.25, -0.2) is 8.42 Å². The maximum Gasteiger partial charge on any atom is 0.191 e. The lowest BCUT2D eigenvalue weighted by Crippen LogP contribution is -2.28. The van der Waals surface area contributed by atoms with Gasteiger partial charge in [0.25, 0.3) is 0 Å². The van der Waals surface area contributed by atoms with E-state index in [0.717, 1.165) is 43.2 Å². The van der Waals surface area contributed by atoms with E-state index in [1.807, 2.05) is 0 Å². The molecule has 0 spiro atoms. The Balaban J connectivity index is 2.09. The van der Waals surface area contributed by atoms with Crippen LogP contribution in [0, 0.1) is 0 Å². The number of hydrogen-bond donors (Lipinski definition) is 1. The van der Waals surface area contributed by atoms with Crippen LogP contribution >= 0.6 is 11.8 Å².